The van der Waals surface area contributed by atoms with Crippen LogP contribution in [0.15, 0.2) is 36.5 Å². The molecule has 1 heterocycles. The predicted molar refractivity (Wildman–Crippen MR) is 76.3 cm³/mol. The maximum atomic E-state index is 12.7. The van der Waals surface area contributed by atoms with E-state index in [0.29, 0.717) is 17.3 Å². The molecular formula is C15H12ClF3N2. The fraction of sp³-hybridized carbons (Fsp3) is 0.267. The largest absolute Gasteiger partial charge is 0.417 e. The van der Waals surface area contributed by atoms with Crippen LogP contribution < -0.4 is 5.32 Å². The van der Waals surface area contributed by atoms with Crippen LogP contribution in [0.25, 0.3) is 11.3 Å². The van der Waals surface area contributed by atoms with Gasteiger partial charge in [-0.05, 0) is 37.1 Å². The second-order valence-electron chi connectivity index (χ2n) is 5.01. The molecule has 1 N–H and O–H groups in total. The second-order valence-corrected chi connectivity index (χ2v) is 5.42. The summed E-state index contributed by atoms with van der Waals surface area (Å²) in [5.41, 5.74) is 1.16. The number of rotatable bonds is 3. The van der Waals surface area contributed by atoms with Gasteiger partial charge in [0.15, 0.2) is 0 Å². The van der Waals surface area contributed by atoms with Crippen LogP contribution in [0.4, 0.5) is 18.9 Å². The van der Waals surface area contributed by atoms with E-state index in [0.717, 1.165) is 24.6 Å². The van der Waals surface area contributed by atoms with Crippen LogP contribution in [-0.4, -0.2) is 11.0 Å². The Morgan fingerprint density at radius 2 is 1.95 bits per heavy atom. The van der Waals surface area contributed by atoms with Crippen LogP contribution in [0.1, 0.15) is 18.4 Å². The quantitative estimate of drug-likeness (QED) is 0.863. The third kappa shape index (κ3) is 3.13. The van der Waals surface area contributed by atoms with Gasteiger partial charge in [0, 0.05) is 17.8 Å². The second kappa shape index (κ2) is 5.22. The summed E-state index contributed by atoms with van der Waals surface area (Å²) in [5.74, 6) is 0. The first-order valence-electron chi connectivity index (χ1n) is 6.54. The molecule has 110 valence electrons. The van der Waals surface area contributed by atoms with Crippen molar-refractivity contribution in [2.45, 2.75) is 25.1 Å². The SMILES string of the molecule is FC(F)(F)c1ccc(-c2ncccc2NC2CC2)cc1Cl. The highest BCUT2D eigenvalue weighted by Crippen LogP contribution is 2.38. The van der Waals surface area contributed by atoms with E-state index in [1.165, 1.54) is 12.1 Å². The number of alkyl halides is 3. The lowest BCUT2D eigenvalue weighted by Gasteiger charge is -2.13. The molecule has 0 aliphatic heterocycles. The van der Waals surface area contributed by atoms with E-state index in [2.05, 4.69) is 10.3 Å². The highest BCUT2D eigenvalue weighted by Gasteiger charge is 2.33. The van der Waals surface area contributed by atoms with Gasteiger partial charge in [0.2, 0.25) is 0 Å². The fourth-order valence-corrected chi connectivity index (χ4v) is 2.38. The number of hydrogen-bond donors (Lipinski definition) is 1. The van der Waals surface area contributed by atoms with Gasteiger partial charge in [0.25, 0.3) is 0 Å². The third-order valence-electron chi connectivity index (χ3n) is 3.29. The molecule has 0 radical (unpaired) electrons. The van der Waals surface area contributed by atoms with Crippen molar-refractivity contribution in [1.29, 1.82) is 0 Å². The van der Waals surface area contributed by atoms with Crippen molar-refractivity contribution in [2.75, 3.05) is 5.32 Å². The Morgan fingerprint density at radius 3 is 2.57 bits per heavy atom. The van der Waals surface area contributed by atoms with Gasteiger partial charge in [-0.1, -0.05) is 17.7 Å². The molecule has 2 nitrogen and oxygen atoms in total. The Morgan fingerprint density at radius 1 is 1.19 bits per heavy atom. The molecule has 1 aromatic carbocycles. The highest BCUT2D eigenvalue weighted by molar-refractivity contribution is 6.31. The molecule has 1 aliphatic rings. The summed E-state index contributed by atoms with van der Waals surface area (Å²) in [4.78, 5) is 4.26. The molecule has 1 aromatic heterocycles. The van der Waals surface area contributed by atoms with Crippen molar-refractivity contribution < 1.29 is 13.2 Å². The minimum Gasteiger partial charge on any atom is -0.381 e. The van der Waals surface area contributed by atoms with Gasteiger partial charge in [0.05, 0.1) is 22.0 Å². The van der Waals surface area contributed by atoms with Crippen molar-refractivity contribution in [2.24, 2.45) is 0 Å². The Bertz CT molecular complexity index is 666. The number of anilines is 1. The van der Waals surface area contributed by atoms with E-state index in [4.69, 9.17) is 11.6 Å². The molecule has 2 aromatic rings. The summed E-state index contributed by atoms with van der Waals surface area (Å²) in [7, 11) is 0. The lowest BCUT2D eigenvalue weighted by molar-refractivity contribution is -0.137. The molecule has 3 rings (SSSR count). The maximum absolute atomic E-state index is 12.7. The first-order chi connectivity index (χ1) is 9.95. The van der Waals surface area contributed by atoms with Crippen LogP contribution in [-0.2, 0) is 6.18 Å². The molecule has 0 unspecified atom stereocenters. The van der Waals surface area contributed by atoms with Crippen molar-refractivity contribution >= 4 is 17.3 Å². The summed E-state index contributed by atoms with van der Waals surface area (Å²) < 4.78 is 38.2. The number of hydrogen-bond acceptors (Lipinski definition) is 2. The van der Waals surface area contributed by atoms with Crippen LogP contribution in [0.3, 0.4) is 0 Å². The lowest BCUT2D eigenvalue weighted by Crippen LogP contribution is -2.06. The summed E-state index contributed by atoms with van der Waals surface area (Å²) in [6.07, 6.45) is -0.641. The van der Waals surface area contributed by atoms with Gasteiger partial charge in [-0.25, -0.2) is 0 Å². The number of halogens is 4. The van der Waals surface area contributed by atoms with E-state index in [1.54, 1.807) is 12.3 Å². The fourth-order valence-electron chi connectivity index (χ4n) is 2.09. The zero-order valence-corrected chi connectivity index (χ0v) is 11.7. The molecule has 1 aliphatic carbocycles. The van der Waals surface area contributed by atoms with Crippen LogP contribution in [0.5, 0.6) is 0 Å². The van der Waals surface area contributed by atoms with E-state index in [9.17, 15) is 13.2 Å². The van der Waals surface area contributed by atoms with Gasteiger partial charge in [-0.15, -0.1) is 0 Å². The third-order valence-corrected chi connectivity index (χ3v) is 3.61. The van der Waals surface area contributed by atoms with Gasteiger partial charge < -0.3 is 5.32 Å². The Kier molecular flexibility index (Phi) is 3.53. The Balaban J connectivity index is 1.99. The van der Waals surface area contributed by atoms with Crippen molar-refractivity contribution in [3.8, 4) is 11.3 Å². The molecule has 1 saturated carbocycles. The lowest BCUT2D eigenvalue weighted by atomic mass is 10.1. The van der Waals surface area contributed by atoms with Crippen LogP contribution >= 0.6 is 11.6 Å². The van der Waals surface area contributed by atoms with Crippen molar-refractivity contribution in [3.63, 3.8) is 0 Å². The van der Waals surface area contributed by atoms with Gasteiger partial charge >= 0.3 is 6.18 Å². The normalized spacial score (nSPS) is 15.0. The van der Waals surface area contributed by atoms with E-state index < -0.39 is 11.7 Å². The number of nitrogens with zero attached hydrogens (tertiary/aromatic N) is 1. The van der Waals surface area contributed by atoms with E-state index >= 15 is 0 Å². The molecule has 0 atom stereocenters. The number of aromatic nitrogens is 1. The molecule has 21 heavy (non-hydrogen) atoms. The monoisotopic (exact) mass is 312 g/mol. The highest BCUT2D eigenvalue weighted by atomic mass is 35.5. The minimum absolute atomic E-state index is 0.317. The smallest absolute Gasteiger partial charge is 0.381 e. The molecule has 0 bridgehead atoms. The summed E-state index contributed by atoms with van der Waals surface area (Å²) >= 11 is 5.77. The summed E-state index contributed by atoms with van der Waals surface area (Å²) in [5, 5.41) is 3.00. The predicted octanol–water partition coefficient (Wildman–Crippen LogP) is 5.00. The molecule has 0 amide bonds. The van der Waals surface area contributed by atoms with Gasteiger partial charge in [0.1, 0.15) is 0 Å². The minimum atomic E-state index is -4.45. The van der Waals surface area contributed by atoms with E-state index in [-0.39, 0.29) is 5.02 Å². The maximum Gasteiger partial charge on any atom is 0.417 e. The number of benzene rings is 1. The Hall–Kier alpha value is -1.75. The Labute approximate surface area is 125 Å². The first kappa shape index (κ1) is 14.2. The molecule has 0 saturated heterocycles. The number of nitrogens with one attached hydrogen (secondary N) is 1. The van der Waals surface area contributed by atoms with Crippen LogP contribution in [0.2, 0.25) is 5.02 Å². The molecule has 0 spiro atoms. The zero-order chi connectivity index (χ0) is 15.0. The number of pyridine rings is 1. The summed E-state index contributed by atoms with van der Waals surface area (Å²) in [6, 6.07) is 7.79. The van der Waals surface area contributed by atoms with Crippen LogP contribution in [0, 0.1) is 0 Å². The van der Waals surface area contributed by atoms with Gasteiger partial charge in [-0.2, -0.15) is 13.2 Å². The molecule has 1 fully saturated rings. The first-order valence-corrected chi connectivity index (χ1v) is 6.91. The molecule has 6 heteroatoms. The average molecular weight is 313 g/mol. The molecular weight excluding hydrogens is 301 g/mol. The van der Waals surface area contributed by atoms with E-state index in [1.807, 2.05) is 6.07 Å². The zero-order valence-electron chi connectivity index (χ0n) is 10.9. The van der Waals surface area contributed by atoms with Crippen molar-refractivity contribution in [3.05, 3.63) is 47.1 Å². The standard InChI is InChI=1S/C15H12ClF3N2/c16-12-8-9(3-6-11(12)15(17,18)19)14-13(2-1-7-20-14)21-10-4-5-10/h1-3,6-8,10,21H,4-5H2. The van der Waals surface area contributed by atoms with Gasteiger partial charge in [-0.3, -0.25) is 4.98 Å². The van der Waals surface area contributed by atoms with Crippen molar-refractivity contribution in [1.82, 2.24) is 4.98 Å². The average Bonchev–Trinajstić information content (AvgIpc) is 3.22. The topological polar surface area (TPSA) is 24.9 Å². The summed E-state index contributed by atoms with van der Waals surface area (Å²) in [6.45, 7) is 0.